The molecule has 0 aromatic heterocycles. The third-order valence-corrected chi connectivity index (χ3v) is 11.6. The van der Waals surface area contributed by atoms with Gasteiger partial charge in [-0.15, -0.1) is 11.8 Å². The number of aliphatic hydroxyl groups is 1. The third kappa shape index (κ3) is 10.5. The number of ether oxygens (including phenoxy) is 5. The van der Waals surface area contributed by atoms with Crippen LogP contribution in [0, 0.1) is 6.92 Å². The maximum atomic E-state index is 13.6. The van der Waals surface area contributed by atoms with E-state index in [0.717, 1.165) is 39.7 Å². The summed E-state index contributed by atoms with van der Waals surface area (Å²) in [6, 6.07) is 53.2. The average molecular weight is 781 g/mol. The van der Waals surface area contributed by atoms with Crippen LogP contribution in [0.4, 0.5) is 0 Å². The standard InChI is InChI=1S/C49H48O7S/c1-36-27-44(53-31-38-19-9-3-10-20-38)43(28-42(36)29-50)49(51)48(56-34-41-25-15-6-16-26-41)47(55-33-40-23-13-5-14-24-40)46(54-32-39-21-11-4-12-22-39)45(57-49)35-52-30-37-17-7-2-8-18-37/h2-29,45-48,51H,30-35H2,1H3/t45-,46-,47+,48-,49+/m1/s1. The fourth-order valence-electron chi connectivity index (χ4n) is 7.03. The Bertz CT molecular complexity index is 2120. The van der Waals surface area contributed by atoms with E-state index in [1.165, 1.54) is 11.8 Å². The lowest BCUT2D eigenvalue weighted by Gasteiger charge is -2.50. The molecule has 7 nitrogen and oxygen atoms in total. The van der Waals surface area contributed by atoms with Crippen molar-refractivity contribution in [3.8, 4) is 5.75 Å². The van der Waals surface area contributed by atoms with Crippen molar-refractivity contribution in [2.45, 2.75) is 68.5 Å². The molecule has 7 rings (SSSR count). The molecule has 0 radical (unpaired) electrons. The van der Waals surface area contributed by atoms with Gasteiger partial charge in [0, 0.05) is 11.1 Å². The highest BCUT2D eigenvalue weighted by molar-refractivity contribution is 8.00. The van der Waals surface area contributed by atoms with Gasteiger partial charge < -0.3 is 28.8 Å². The highest BCUT2D eigenvalue weighted by Gasteiger charge is 2.57. The minimum atomic E-state index is -1.80. The van der Waals surface area contributed by atoms with E-state index in [1.54, 1.807) is 6.07 Å². The minimum Gasteiger partial charge on any atom is -0.488 e. The number of aldehydes is 1. The largest absolute Gasteiger partial charge is 0.488 e. The van der Waals surface area contributed by atoms with Crippen molar-refractivity contribution >= 4 is 18.0 Å². The lowest BCUT2D eigenvalue weighted by Crippen LogP contribution is -2.61. The molecule has 1 fully saturated rings. The molecule has 6 aromatic carbocycles. The van der Waals surface area contributed by atoms with Crippen LogP contribution in [0.2, 0.25) is 0 Å². The Labute approximate surface area is 339 Å². The lowest BCUT2D eigenvalue weighted by atomic mass is 9.91. The minimum absolute atomic E-state index is 0.187. The normalized spacial score (nSPS) is 20.5. The van der Waals surface area contributed by atoms with E-state index in [0.29, 0.717) is 30.1 Å². The van der Waals surface area contributed by atoms with E-state index in [4.69, 9.17) is 23.7 Å². The van der Waals surface area contributed by atoms with E-state index in [9.17, 15) is 9.90 Å². The summed E-state index contributed by atoms with van der Waals surface area (Å²) in [4.78, 5) is 10.8. The van der Waals surface area contributed by atoms with Crippen molar-refractivity contribution in [2.24, 2.45) is 0 Å². The van der Waals surface area contributed by atoms with Gasteiger partial charge in [0.2, 0.25) is 0 Å². The van der Waals surface area contributed by atoms with Gasteiger partial charge in [0.25, 0.3) is 0 Å². The summed E-state index contributed by atoms with van der Waals surface area (Å²) in [5, 5.41) is 13.1. The Balaban J connectivity index is 1.33. The molecule has 1 N–H and O–H groups in total. The van der Waals surface area contributed by atoms with Gasteiger partial charge in [-0.2, -0.15) is 0 Å². The van der Waals surface area contributed by atoms with Gasteiger partial charge in [-0.25, -0.2) is 0 Å². The summed E-state index contributed by atoms with van der Waals surface area (Å²) in [7, 11) is 0. The Hall–Kier alpha value is -5.06. The Morgan fingerprint density at radius 3 is 1.51 bits per heavy atom. The molecule has 1 aliphatic heterocycles. The van der Waals surface area contributed by atoms with Crippen LogP contribution in [-0.2, 0) is 56.9 Å². The first-order valence-electron chi connectivity index (χ1n) is 19.3. The molecule has 0 aliphatic carbocycles. The molecule has 1 aliphatic rings. The van der Waals surface area contributed by atoms with Crippen LogP contribution in [0.1, 0.15) is 49.3 Å². The van der Waals surface area contributed by atoms with Crippen LogP contribution in [0.25, 0.3) is 0 Å². The summed E-state index contributed by atoms with van der Waals surface area (Å²) < 4.78 is 33.7. The molecule has 57 heavy (non-hydrogen) atoms. The monoisotopic (exact) mass is 780 g/mol. The summed E-state index contributed by atoms with van der Waals surface area (Å²) in [5.74, 6) is 0.444. The van der Waals surface area contributed by atoms with Gasteiger partial charge in [-0.05, 0) is 52.4 Å². The second-order valence-corrected chi connectivity index (χ2v) is 15.7. The highest BCUT2D eigenvalue weighted by atomic mass is 32.2. The van der Waals surface area contributed by atoms with Gasteiger partial charge >= 0.3 is 0 Å². The molecular formula is C49H48O7S. The van der Waals surface area contributed by atoms with Crippen LogP contribution >= 0.6 is 11.8 Å². The number of hydrogen-bond donors (Lipinski definition) is 1. The maximum absolute atomic E-state index is 13.6. The van der Waals surface area contributed by atoms with Gasteiger partial charge in [0.15, 0.2) is 4.93 Å². The highest BCUT2D eigenvalue weighted by Crippen LogP contribution is 2.53. The van der Waals surface area contributed by atoms with E-state index < -0.39 is 28.5 Å². The Morgan fingerprint density at radius 2 is 1.02 bits per heavy atom. The van der Waals surface area contributed by atoms with Crippen molar-refractivity contribution in [3.63, 3.8) is 0 Å². The molecule has 6 aromatic rings. The number of thioether (sulfide) groups is 1. The molecule has 0 spiro atoms. The fraction of sp³-hybridized carbons (Fsp3) is 0.245. The van der Waals surface area contributed by atoms with E-state index in [2.05, 4.69) is 0 Å². The number of hydrogen-bond acceptors (Lipinski definition) is 8. The SMILES string of the molecule is Cc1cc(OCc2ccccc2)c([C@]2(O)S[C@H](COCc3ccccc3)[C@@H](OCc3ccccc3)[C@H](OCc3ccccc3)[C@H]2OCc2ccccc2)cc1C=O. The number of carbonyl (C=O) groups is 1. The summed E-state index contributed by atoms with van der Waals surface area (Å²) in [6.45, 7) is 3.45. The first-order valence-corrected chi connectivity index (χ1v) is 20.1. The Kier molecular flexibility index (Phi) is 14.0. The van der Waals surface area contributed by atoms with Gasteiger partial charge in [0.1, 0.15) is 37.0 Å². The Morgan fingerprint density at radius 1 is 0.579 bits per heavy atom. The molecule has 1 saturated heterocycles. The third-order valence-electron chi connectivity index (χ3n) is 10.1. The molecule has 8 heteroatoms. The van der Waals surface area contributed by atoms with Gasteiger partial charge in [0.05, 0.1) is 38.3 Å². The summed E-state index contributed by atoms with van der Waals surface area (Å²) in [6.07, 6.45) is -1.59. The van der Waals surface area contributed by atoms with Crippen LogP contribution in [0.15, 0.2) is 164 Å². The quantitative estimate of drug-likeness (QED) is 0.0865. The molecule has 1 heterocycles. The zero-order chi connectivity index (χ0) is 39.3. The van der Waals surface area contributed by atoms with Crippen LogP contribution in [0.3, 0.4) is 0 Å². The van der Waals surface area contributed by atoms with E-state index >= 15 is 0 Å². The zero-order valence-corrected chi connectivity index (χ0v) is 32.8. The van der Waals surface area contributed by atoms with Crippen molar-refractivity contribution < 1.29 is 33.6 Å². The van der Waals surface area contributed by atoms with Crippen LogP contribution in [0.5, 0.6) is 5.75 Å². The van der Waals surface area contributed by atoms with E-state index in [1.807, 2.05) is 165 Å². The molecule has 0 saturated carbocycles. The predicted molar refractivity (Wildman–Crippen MR) is 224 cm³/mol. The molecule has 292 valence electrons. The zero-order valence-electron chi connectivity index (χ0n) is 32.0. The lowest BCUT2D eigenvalue weighted by molar-refractivity contribution is -0.199. The molecule has 0 bridgehead atoms. The second-order valence-electron chi connectivity index (χ2n) is 14.2. The average Bonchev–Trinajstić information content (AvgIpc) is 3.26. The van der Waals surface area contributed by atoms with Gasteiger partial charge in [-0.3, -0.25) is 4.79 Å². The van der Waals surface area contributed by atoms with Crippen molar-refractivity contribution in [1.82, 2.24) is 0 Å². The fourth-order valence-corrected chi connectivity index (χ4v) is 8.65. The van der Waals surface area contributed by atoms with E-state index in [-0.39, 0.29) is 26.4 Å². The topological polar surface area (TPSA) is 83.5 Å². The first kappa shape index (κ1) is 40.1. The molecule has 5 atom stereocenters. The maximum Gasteiger partial charge on any atom is 0.168 e. The first-order chi connectivity index (χ1) is 28.0. The number of rotatable bonds is 18. The smallest absolute Gasteiger partial charge is 0.168 e. The molecular weight excluding hydrogens is 733 g/mol. The van der Waals surface area contributed by atoms with Gasteiger partial charge in [-0.1, -0.05) is 152 Å². The molecule has 0 amide bonds. The summed E-state index contributed by atoms with van der Waals surface area (Å²) in [5.41, 5.74) is 6.47. The van der Waals surface area contributed by atoms with Crippen molar-refractivity contribution in [2.75, 3.05) is 6.61 Å². The van der Waals surface area contributed by atoms with Crippen molar-refractivity contribution in [1.29, 1.82) is 0 Å². The van der Waals surface area contributed by atoms with Crippen LogP contribution in [-0.4, -0.2) is 41.6 Å². The number of carbonyl (C=O) groups excluding carboxylic acids is 1. The molecule has 0 unspecified atom stereocenters. The summed E-state index contributed by atoms with van der Waals surface area (Å²) >= 11 is 1.30. The number of aryl methyl sites for hydroxylation is 1. The predicted octanol–water partition coefficient (Wildman–Crippen LogP) is 9.62. The number of benzene rings is 6. The van der Waals surface area contributed by atoms with Crippen LogP contribution < -0.4 is 4.74 Å². The van der Waals surface area contributed by atoms with Crippen molar-refractivity contribution in [3.05, 3.63) is 208 Å². The second kappa shape index (κ2) is 19.9.